The minimum atomic E-state index is -0.109. The second kappa shape index (κ2) is 5.16. The molecule has 0 bridgehead atoms. The molecule has 5 heteroatoms. The maximum Gasteiger partial charge on any atom is 0.251 e. The number of aromatic amines is 1. The largest absolute Gasteiger partial charge is 0.311 e. The third-order valence-corrected chi connectivity index (χ3v) is 2.75. The highest BCUT2D eigenvalue weighted by Crippen LogP contribution is 2.14. The number of rotatable bonds is 4. The number of aromatic nitrogens is 4. The van der Waals surface area contributed by atoms with Gasteiger partial charge in [-0.15, -0.1) is 0 Å². The molecule has 0 aromatic carbocycles. The summed E-state index contributed by atoms with van der Waals surface area (Å²) in [5.74, 6) is 1.34. The van der Waals surface area contributed by atoms with Gasteiger partial charge in [-0.3, -0.25) is 9.48 Å². The summed E-state index contributed by atoms with van der Waals surface area (Å²) in [7, 11) is 1.84. The first-order valence-corrected chi connectivity index (χ1v) is 6.14. The highest BCUT2D eigenvalue weighted by molar-refractivity contribution is 5.56. The third kappa shape index (κ3) is 3.06. The smallest absolute Gasteiger partial charge is 0.251 e. The number of nitrogens with one attached hydrogen (secondary N) is 1. The molecule has 0 spiro atoms. The predicted octanol–water partition coefficient (Wildman–Crippen LogP) is 1.76. The Bertz CT molecular complexity index is 583. The van der Waals surface area contributed by atoms with E-state index in [1.165, 1.54) is 6.07 Å². The van der Waals surface area contributed by atoms with Crippen LogP contribution < -0.4 is 5.56 Å². The van der Waals surface area contributed by atoms with Crippen molar-refractivity contribution in [3.05, 3.63) is 34.6 Å². The van der Waals surface area contributed by atoms with Crippen molar-refractivity contribution in [3.8, 4) is 11.3 Å². The summed E-state index contributed by atoms with van der Waals surface area (Å²) >= 11 is 0. The lowest BCUT2D eigenvalue weighted by Gasteiger charge is -2.05. The molecule has 0 fully saturated rings. The standard InChI is InChI=1S/C13H18N4O/c1-9(2)4-5-12-15-11(6-13(18)16-12)10-7-14-17(3)8-10/h6-9H,4-5H2,1-3H3,(H,15,16,18). The summed E-state index contributed by atoms with van der Waals surface area (Å²) in [6.45, 7) is 4.31. The van der Waals surface area contributed by atoms with Gasteiger partial charge in [0.15, 0.2) is 0 Å². The lowest BCUT2D eigenvalue weighted by molar-refractivity contribution is 0.574. The maximum absolute atomic E-state index is 11.6. The second-order valence-corrected chi connectivity index (χ2v) is 4.91. The fraction of sp³-hybridized carbons (Fsp3) is 0.462. The molecule has 0 saturated carbocycles. The van der Waals surface area contributed by atoms with E-state index in [4.69, 9.17) is 0 Å². The first-order valence-electron chi connectivity index (χ1n) is 6.14. The highest BCUT2D eigenvalue weighted by atomic mass is 16.1. The Hall–Kier alpha value is -1.91. The maximum atomic E-state index is 11.6. The van der Waals surface area contributed by atoms with Crippen LogP contribution in [0.15, 0.2) is 23.3 Å². The molecule has 0 saturated heterocycles. The van der Waals surface area contributed by atoms with Gasteiger partial charge >= 0.3 is 0 Å². The van der Waals surface area contributed by atoms with E-state index in [2.05, 4.69) is 28.9 Å². The quantitative estimate of drug-likeness (QED) is 0.894. The lowest BCUT2D eigenvalue weighted by atomic mass is 10.1. The van der Waals surface area contributed by atoms with Gasteiger partial charge in [-0.1, -0.05) is 13.8 Å². The SMILES string of the molecule is CC(C)CCc1nc(-c2cnn(C)c2)cc(=O)[nH]1. The Kier molecular flexibility index (Phi) is 3.60. The van der Waals surface area contributed by atoms with Gasteiger partial charge in [-0.25, -0.2) is 4.98 Å². The van der Waals surface area contributed by atoms with Gasteiger partial charge in [-0.2, -0.15) is 5.10 Å². The van der Waals surface area contributed by atoms with Crippen LogP contribution in [0.2, 0.25) is 0 Å². The Morgan fingerprint density at radius 2 is 2.22 bits per heavy atom. The van der Waals surface area contributed by atoms with Crippen molar-refractivity contribution in [2.45, 2.75) is 26.7 Å². The van der Waals surface area contributed by atoms with Crippen molar-refractivity contribution in [1.82, 2.24) is 19.7 Å². The zero-order valence-corrected chi connectivity index (χ0v) is 11.0. The summed E-state index contributed by atoms with van der Waals surface area (Å²) in [6, 6.07) is 1.51. The molecule has 18 heavy (non-hydrogen) atoms. The first kappa shape index (κ1) is 12.5. The number of aryl methyl sites for hydroxylation is 2. The van der Waals surface area contributed by atoms with Gasteiger partial charge in [0.2, 0.25) is 0 Å². The zero-order chi connectivity index (χ0) is 13.1. The van der Waals surface area contributed by atoms with Crippen molar-refractivity contribution in [3.63, 3.8) is 0 Å². The van der Waals surface area contributed by atoms with Crippen LogP contribution in [-0.4, -0.2) is 19.7 Å². The second-order valence-electron chi connectivity index (χ2n) is 4.91. The normalized spacial score (nSPS) is 11.1. The van der Waals surface area contributed by atoms with E-state index >= 15 is 0 Å². The molecule has 5 nitrogen and oxygen atoms in total. The molecule has 0 aliphatic heterocycles. The average Bonchev–Trinajstić information content (AvgIpc) is 2.72. The minimum absolute atomic E-state index is 0.109. The Labute approximate surface area is 106 Å². The molecule has 0 aliphatic carbocycles. The Balaban J connectivity index is 2.29. The topological polar surface area (TPSA) is 63.6 Å². The number of H-pyrrole nitrogens is 1. The van der Waals surface area contributed by atoms with E-state index in [-0.39, 0.29) is 5.56 Å². The summed E-state index contributed by atoms with van der Waals surface area (Å²) in [4.78, 5) is 18.9. The minimum Gasteiger partial charge on any atom is -0.311 e. The third-order valence-electron chi connectivity index (χ3n) is 2.75. The van der Waals surface area contributed by atoms with E-state index in [1.807, 2.05) is 13.2 Å². The Morgan fingerprint density at radius 1 is 1.44 bits per heavy atom. The fourth-order valence-electron chi connectivity index (χ4n) is 1.75. The number of hydrogen-bond donors (Lipinski definition) is 1. The number of hydrogen-bond acceptors (Lipinski definition) is 3. The van der Waals surface area contributed by atoms with Gasteiger partial charge in [-0.05, 0) is 12.3 Å². The van der Waals surface area contributed by atoms with Crippen LogP contribution in [0.25, 0.3) is 11.3 Å². The molecule has 2 rings (SSSR count). The monoisotopic (exact) mass is 246 g/mol. The molecule has 2 heterocycles. The lowest BCUT2D eigenvalue weighted by Crippen LogP contribution is -2.11. The van der Waals surface area contributed by atoms with Crippen LogP contribution in [0, 0.1) is 5.92 Å². The van der Waals surface area contributed by atoms with Crippen LogP contribution in [0.3, 0.4) is 0 Å². The molecule has 1 N–H and O–H groups in total. The summed E-state index contributed by atoms with van der Waals surface area (Å²) in [5, 5.41) is 4.09. The summed E-state index contributed by atoms with van der Waals surface area (Å²) < 4.78 is 1.70. The van der Waals surface area contributed by atoms with E-state index in [1.54, 1.807) is 10.9 Å². The van der Waals surface area contributed by atoms with Crippen molar-refractivity contribution >= 4 is 0 Å². The molecule has 2 aromatic rings. The van der Waals surface area contributed by atoms with Gasteiger partial charge in [0, 0.05) is 31.3 Å². The van der Waals surface area contributed by atoms with Crippen LogP contribution in [0.1, 0.15) is 26.1 Å². The molecule has 2 aromatic heterocycles. The van der Waals surface area contributed by atoms with E-state index in [9.17, 15) is 4.79 Å². The fourth-order valence-corrected chi connectivity index (χ4v) is 1.75. The van der Waals surface area contributed by atoms with Gasteiger partial charge in [0.25, 0.3) is 5.56 Å². The molecular weight excluding hydrogens is 228 g/mol. The van der Waals surface area contributed by atoms with E-state index in [0.29, 0.717) is 11.6 Å². The van der Waals surface area contributed by atoms with Crippen molar-refractivity contribution in [2.75, 3.05) is 0 Å². The average molecular weight is 246 g/mol. The van der Waals surface area contributed by atoms with Crippen molar-refractivity contribution < 1.29 is 0 Å². The van der Waals surface area contributed by atoms with Gasteiger partial charge < -0.3 is 4.98 Å². The molecule has 0 radical (unpaired) electrons. The van der Waals surface area contributed by atoms with Gasteiger partial charge in [0.05, 0.1) is 11.9 Å². The van der Waals surface area contributed by atoms with Crippen LogP contribution in [-0.2, 0) is 13.5 Å². The summed E-state index contributed by atoms with van der Waals surface area (Å²) in [5.41, 5.74) is 1.45. The Morgan fingerprint density at radius 3 is 2.83 bits per heavy atom. The van der Waals surface area contributed by atoms with Crippen molar-refractivity contribution in [2.24, 2.45) is 13.0 Å². The summed E-state index contributed by atoms with van der Waals surface area (Å²) in [6.07, 6.45) is 5.38. The van der Waals surface area contributed by atoms with E-state index in [0.717, 1.165) is 24.2 Å². The molecule has 0 aliphatic rings. The first-order chi connectivity index (χ1) is 8.54. The number of nitrogens with zero attached hydrogens (tertiary/aromatic N) is 3. The molecule has 96 valence electrons. The molecule has 0 unspecified atom stereocenters. The van der Waals surface area contributed by atoms with E-state index < -0.39 is 0 Å². The van der Waals surface area contributed by atoms with Crippen LogP contribution in [0.4, 0.5) is 0 Å². The zero-order valence-electron chi connectivity index (χ0n) is 11.0. The van der Waals surface area contributed by atoms with Gasteiger partial charge in [0.1, 0.15) is 5.82 Å². The molecule has 0 amide bonds. The van der Waals surface area contributed by atoms with Crippen LogP contribution >= 0.6 is 0 Å². The molecular formula is C13H18N4O. The highest BCUT2D eigenvalue weighted by Gasteiger charge is 2.06. The molecule has 0 atom stereocenters. The predicted molar refractivity (Wildman–Crippen MR) is 70.2 cm³/mol. The van der Waals surface area contributed by atoms with Crippen LogP contribution in [0.5, 0.6) is 0 Å². The van der Waals surface area contributed by atoms with Crippen molar-refractivity contribution in [1.29, 1.82) is 0 Å².